The molecule has 5 nitrogen and oxygen atoms in total. The lowest BCUT2D eigenvalue weighted by Gasteiger charge is -2.12. The van der Waals surface area contributed by atoms with Crippen LogP contribution in [-0.2, 0) is 14.3 Å². The molecule has 0 radical (unpaired) electrons. The van der Waals surface area contributed by atoms with Crippen LogP contribution in [0.4, 0.5) is 0 Å². The minimum absolute atomic E-state index is 0.000178. The zero-order chi connectivity index (χ0) is 16.3. The number of Topliss-reactive ketones (excluding diaryl/α,β-unsaturated/α-hetero) is 2. The monoisotopic (exact) mass is 301 g/mol. The van der Waals surface area contributed by atoms with Crippen molar-refractivity contribution in [3.63, 3.8) is 0 Å². The maximum absolute atomic E-state index is 12.6. The number of ether oxygens (including phenoxy) is 1. The number of nitrogens with one attached hydrogen (secondary N) is 1. The standard InChI is InChI=1S/C17H19NO4/c1-10(19)8-9-15(20)22-12(3)17(21)16-11(2)18-14-7-5-4-6-13(14)16/h4-7,12,18H,8-9H2,1-3H3/t12-/m0/s1. The van der Waals surface area contributed by atoms with Crippen LogP contribution >= 0.6 is 0 Å². The zero-order valence-electron chi connectivity index (χ0n) is 12.9. The van der Waals surface area contributed by atoms with E-state index >= 15 is 0 Å². The highest BCUT2D eigenvalue weighted by molar-refractivity contribution is 6.11. The van der Waals surface area contributed by atoms with Crippen LogP contribution < -0.4 is 0 Å². The number of aryl methyl sites for hydroxylation is 1. The van der Waals surface area contributed by atoms with Gasteiger partial charge in [0, 0.05) is 28.6 Å². The van der Waals surface area contributed by atoms with Crippen molar-refractivity contribution in [1.29, 1.82) is 0 Å². The molecule has 0 unspecified atom stereocenters. The summed E-state index contributed by atoms with van der Waals surface area (Å²) in [6.45, 7) is 4.78. The van der Waals surface area contributed by atoms with Crippen molar-refractivity contribution in [3.8, 4) is 0 Å². The van der Waals surface area contributed by atoms with Gasteiger partial charge < -0.3 is 14.5 Å². The smallest absolute Gasteiger partial charge is 0.306 e. The van der Waals surface area contributed by atoms with Gasteiger partial charge in [0.15, 0.2) is 6.10 Å². The summed E-state index contributed by atoms with van der Waals surface area (Å²) in [5.41, 5.74) is 2.17. The average Bonchev–Trinajstić information content (AvgIpc) is 2.80. The third kappa shape index (κ3) is 3.42. The molecule has 1 aromatic heterocycles. The second kappa shape index (κ2) is 6.56. The van der Waals surface area contributed by atoms with Crippen molar-refractivity contribution in [1.82, 2.24) is 4.98 Å². The van der Waals surface area contributed by atoms with Gasteiger partial charge in [0.2, 0.25) is 5.78 Å². The Hall–Kier alpha value is -2.43. The molecule has 22 heavy (non-hydrogen) atoms. The van der Waals surface area contributed by atoms with Crippen LogP contribution in [0.1, 0.15) is 42.7 Å². The molecular weight excluding hydrogens is 282 g/mol. The average molecular weight is 301 g/mol. The predicted molar refractivity (Wildman–Crippen MR) is 82.8 cm³/mol. The van der Waals surface area contributed by atoms with Crippen molar-refractivity contribution < 1.29 is 19.1 Å². The fraction of sp³-hybridized carbons (Fsp3) is 0.353. The van der Waals surface area contributed by atoms with E-state index in [1.807, 2.05) is 31.2 Å². The molecule has 2 aromatic rings. The van der Waals surface area contributed by atoms with E-state index in [1.54, 1.807) is 6.92 Å². The molecule has 0 aliphatic carbocycles. The van der Waals surface area contributed by atoms with Gasteiger partial charge in [-0.3, -0.25) is 9.59 Å². The van der Waals surface area contributed by atoms with E-state index in [2.05, 4.69) is 4.98 Å². The number of hydrogen-bond donors (Lipinski definition) is 1. The zero-order valence-corrected chi connectivity index (χ0v) is 12.9. The van der Waals surface area contributed by atoms with Crippen molar-refractivity contribution in [2.24, 2.45) is 0 Å². The number of rotatable bonds is 6. The summed E-state index contributed by atoms with van der Waals surface area (Å²) in [5.74, 6) is -0.858. The second-order valence-electron chi connectivity index (χ2n) is 5.37. The molecule has 0 spiro atoms. The molecule has 1 heterocycles. The van der Waals surface area contributed by atoms with E-state index in [4.69, 9.17) is 4.74 Å². The number of hydrogen-bond acceptors (Lipinski definition) is 4. The minimum Gasteiger partial charge on any atom is -0.454 e. The normalized spacial score (nSPS) is 12.1. The molecule has 5 heteroatoms. The number of ketones is 2. The highest BCUT2D eigenvalue weighted by Crippen LogP contribution is 2.23. The van der Waals surface area contributed by atoms with Crippen molar-refractivity contribution >= 4 is 28.4 Å². The summed E-state index contributed by atoms with van der Waals surface area (Å²) in [5, 5.41) is 0.816. The molecule has 1 aromatic carbocycles. The number of benzene rings is 1. The maximum Gasteiger partial charge on any atom is 0.306 e. The summed E-state index contributed by atoms with van der Waals surface area (Å²) in [4.78, 5) is 38.2. The first-order valence-electron chi connectivity index (χ1n) is 7.20. The third-order valence-electron chi connectivity index (χ3n) is 3.50. The minimum atomic E-state index is -0.877. The van der Waals surface area contributed by atoms with E-state index in [-0.39, 0.29) is 24.4 Å². The van der Waals surface area contributed by atoms with E-state index in [0.717, 1.165) is 16.6 Å². The summed E-state index contributed by atoms with van der Waals surface area (Å²) in [6.07, 6.45) is -0.747. The number of carbonyl (C=O) groups excluding carboxylic acids is 3. The van der Waals surface area contributed by atoms with Gasteiger partial charge in [0.05, 0.1) is 6.42 Å². The lowest BCUT2D eigenvalue weighted by Crippen LogP contribution is -2.25. The first kappa shape index (κ1) is 15.9. The van der Waals surface area contributed by atoms with Crippen molar-refractivity contribution in [3.05, 3.63) is 35.5 Å². The van der Waals surface area contributed by atoms with E-state index < -0.39 is 12.1 Å². The topological polar surface area (TPSA) is 76.2 Å². The van der Waals surface area contributed by atoms with Crippen LogP contribution in [0.2, 0.25) is 0 Å². The highest BCUT2D eigenvalue weighted by atomic mass is 16.5. The van der Waals surface area contributed by atoms with Gasteiger partial charge in [0.1, 0.15) is 5.78 Å². The Bertz CT molecular complexity index is 729. The quantitative estimate of drug-likeness (QED) is 0.657. The molecule has 1 atom stereocenters. The molecule has 1 N–H and O–H groups in total. The molecule has 0 aliphatic heterocycles. The van der Waals surface area contributed by atoms with Crippen LogP contribution in [0.3, 0.4) is 0 Å². The number of aromatic amines is 1. The van der Waals surface area contributed by atoms with Gasteiger partial charge >= 0.3 is 5.97 Å². The molecule has 2 rings (SSSR count). The number of aromatic nitrogens is 1. The Kier molecular flexibility index (Phi) is 4.75. The van der Waals surface area contributed by atoms with E-state index in [0.29, 0.717) is 5.56 Å². The molecule has 0 bridgehead atoms. The van der Waals surface area contributed by atoms with Crippen molar-refractivity contribution in [2.75, 3.05) is 0 Å². The number of H-pyrrole nitrogens is 1. The molecule has 116 valence electrons. The summed E-state index contributed by atoms with van der Waals surface area (Å²) < 4.78 is 5.14. The number of para-hydroxylation sites is 1. The van der Waals surface area contributed by atoms with Gasteiger partial charge in [-0.2, -0.15) is 0 Å². The molecule has 0 fully saturated rings. The molecule has 0 aliphatic rings. The summed E-state index contributed by atoms with van der Waals surface area (Å²) >= 11 is 0. The maximum atomic E-state index is 12.6. The molecule has 0 amide bonds. The predicted octanol–water partition coefficient (Wildman–Crippen LogP) is 2.96. The Morgan fingerprint density at radius 1 is 1.18 bits per heavy atom. The number of esters is 1. The van der Waals surface area contributed by atoms with Crippen LogP contribution in [0.15, 0.2) is 24.3 Å². The van der Waals surface area contributed by atoms with Gasteiger partial charge in [-0.05, 0) is 26.8 Å². The van der Waals surface area contributed by atoms with Crippen LogP contribution in [0, 0.1) is 6.92 Å². The van der Waals surface area contributed by atoms with Gasteiger partial charge in [-0.25, -0.2) is 0 Å². The Labute approximate surface area is 128 Å². The SMILES string of the molecule is CC(=O)CCC(=O)O[C@@H](C)C(=O)c1c(C)[nH]c2ccccc12. The molecule has 0 saturated carbocycles. The van der Waals surface area contributed by atoms with E-state index in [1.165, 1.54) is 6.92 Å². The van der Waals surface area contributed by atoms with Crippen LogP contribution in [0.25, 0.3) is 10.9 Å². The summed E-state index contributed by atoms with van der Waals surface area (Å²) in [7, 11) is 0. The second-order valence-corrected chi connectivity index (χ2v) is 5.37. The van der Waals surface area contributed by atoms with Gasteiger partial charge in [-0.1, -0.05) is 18.2 Å². The van der Waals surface area contributed by atoms with Crippen molar-refractivity contribution in [2.45, 2.75) is 39.7 Å². The Balaban J connectivity index is 2.14. The fourth-order valence-electron chi connectivity index (χ4n) is 2.39. The molecular formula is C17H19NO4. The van der Waals surface area contributed by atoms with Crippen LogP contribution in [0.5, 0.6) is 0 Å². The van der Waals surface area contributed by atoms with Crippen LogP contribution in [-0.4, -0.2) is 28.6 Å². The fourth-order valence-corrected chi connectivity index (χ4v) is 2.39. The summed E-state index contributed by atoms with van der Waals surface area (Å²) in [6, 6.07) is 7.49. The highest BCUT2D eigenvalue weighted by Gasteiger charge is 2.24. The third-order valence-corrected chi connectivity index (χ3v) is 3.50. The lowest BCUT2D eigenvalue weighted by atomic mass is 10.0. The van der Waals surface area contributed by atoms with Gasteiger partial charge in [0.25, 0.3) is 0 Å². The first-order chi connectivity index (χ1) is 10.4. The first-order valence-corrected chi connectivity index (χ1v) is 7.20. The number of carbonyl (C=O) groups is 3. The molecule has 0 saturated heterocycles. The lowest BCUT2D eigenvalue weighted by molar-refractivity contribution is -0.147. The van der Waals surface area contributed by atoms with E-state index in [9.17, 15) is 14.4 Å². The Morgan fingerprint density at radius 2 is 1.86 bits per heavy atom. The Morgan fingerprint density at radius 3 is 2.55 bits per heavy atom. The number of fused-ring (bicyclic) bond motifs is 1. The largest absolute Gasteiger partial charge is 0.454 e. The van der Waals surface area contributed by atoms with Gasteiger partial charge in [-0.15, -0.1) is 0 Å².